The van der Waals surface area contributed by atoms with Gasteiger partial charge in [0.05, 0.1) is 6.10 Å². The van der Waals surface area contributed by atoms with Crippen LogP contribution in [0.1, 0.15) is 70.6 Å². The van der Waals surface area contributed by atoms with Gasteiger partial charge in [-0.2, -0.15) is 0 Å². The van der Waals surface area contributed by atoms with Gasteiger partial charge in [-0.25, -0.2) is 0 Å². The molecule has 0 saturated heterocycles. The number of rotatable bonds is 6. The van der Waals surface area contributed by atoms with Gasteiger partial charge < -0.3 is 9.84 Å². The van der Waals surface area contributed by atoms with Crippen molar-refractivity contribution in [2.24, 2.45) is 17.8 Å². The van der Waals surface area contributed by atoms with E-state index < -0.39 is 0 Å². The van der Waals surface area contributed by atoms with Crippen LogP contribution in [0, 0.1) is 17.8 Å². The minimum atomic E-state index is -0.308. The summed E-state index contributed by atoms with van der Waals surface area (Å²) in [6.07, 6.45) is 7.14. The summed E-state index contributed by atoms with van der Waals surface area (Å²) in [6.45, 7) is 0.0664. The maximum absolute atomic E-state index is 12.5. The van der Waals surface area contributed by atoms with Crippen LogP contribution in [-0.4, -0.2) is 42.3 Å². The molecular formula is C20H32O5. The van der Waals surface area contributed by atoms with Crippen molar-refractivity contribution in [2.45, 2.75) is 76.7 Å². The van der Waals surface area contributed by atoms with E-state index in [1.807, 2.05) is 0 Å². The van der Waals surface area contributed by atoms with E-state index in [9.17, 15) is 19.5 Å². The summed E-state index contributed by atoms with van der Waals surface area (Å²) in [5.41, 5.74) is 0. The zero-order valence-electron chi connectivity index (χ0n) is 15.4. The van der Waals surface area contributed by atoms with Crippen LogP contribution in [0.5, 0.6) is 0 Å². The van der Waals surface area contributed by atoms with Crippen molar-refractivity contribution >= 4 is 17.3 Å². The Morgan fingerprint density at radius 1 is 1.08 bits per heavy atom. The van der Waals surface area contributed by atoms with E-state index in [1.165, 1.54) is 7.11 Å². The largest absolute Gasteiger partial charge is 0.393 e. The Balaban J connectivity index is 1.91. The SMILES string of the molecule is COCC(=O)CCC(=O)C1CCC2C(O)CCCCC(=O)CCC2C1. The van der Waals surface area contributed by atoms with E-state index >= 15 is 0 Å². The fraction of sp³-hybridized carbons (Fsp3) is 0.850. The molecule has 0 aromatic heterocycles. The van der Waals surface area contributed by atoms with E-state index in [2.05, 4.69) is 0 Å². The molecule has 0 heterocycles. The molecule has 2 rings (SSSR count). The van der Waals surface area contributed by atoms with Gasteiger partial charge in [0.2, 0.25) is 0 Å². The number of ketones is 3. The number of aliphatic hydroxyl groups excluding tert-OH is 1. The molecule has 5 heteroatoms. The summed E-state index contributed by atoms with van der Waals surface area (Å²) in [5, 5.41) is 10.5. The van der Waals surface area contributed by atoms with Crippen LogP contribution < -0.4 is 0 Å². The monoisotopic (exact) mass is 352 g/mol. The molecule has 142 valence electrons. The van der Waals surface area contributed by atoms with Gasteiger partial charge in [0.15, 0.2) is 5.78 Å². The first kappa shape index (κ1) is 20.2. The molecule has 5 nitrogen and oxygen atoms in total. The first-order valence-electron chi connectivity index (χ1n) is 9.74. The van der Waals surface area contributed by atoms with Crippen molar-refractivity contribution in [3.8, 4) is 0 Å². The Hall–Kier alpha value is -1.07. The van der Waals surface area contributed by atoms with Crippen molar-refractivity contribution in [1.29, 1.82) is 0 Å². The Bertz CT molecular complexity index is 473. The molecule has 1 N–H and O–H groups in total. The molecule has 4 unspecified atom stereocenters. The van der Waals surface area contributed by atoms with Crippen molar-refractivity contribution in [1.82, 2.24) is 0 Å². The van der Waals surface area contributed by atoms with Crippen LogP contribution in [0.15, 0.2) is 0 Å². The molecule has 2 aliphatic carbocycles. The van der Waals surface area contributed by atoms with Gasteiger partial charge in [-0.1, -0.05) is 6.42 Å². The van der Waals surface area contributed by atoms with Gasteiger partial charge in [0.25, 0.3) is 0 Å². The predicted octanol–water partition coefficient (Wildman–Crippen LogP) is 2.87. The lowest BCUT2D eigenvalue weighted by atomic mass is 9.67. The molecule has 0 spiro atoms. The second-order valence-electron chi connectivity index (χ2n) is 7.76. The molecule has 0 radical (unpaired) electrons. The van der Waals surface area contributed by atoms with Crippen LogP contribution in [0.4, 0.5) is 0 Å². The Morgan fingerprint density at radius 3 is 2.64 bits per heavy atom. The maximum atomic E-state index is 12.5. The fourth-order valence-electron chi connectivity index (χ4n) is 4.48. The quantitative estimate of drug-likeness (QED) is 0.795. The van der Waals surface area contributed by atoms with Gasteiger partial charge >= 0.3 is 0 Å². The first-order valence-corrected chi connectivity index (χ1v) is 9.74. The minimum Gasteiger partial charge on any atom is -0.393 e. The highest BCUT2D eigenvalue weighted by atomic mass is 16.5. The van der Waals surface area contributed by atoms with Gasteiger partial charge in [0, 0.05) is 38.7 Å². The Labute approximate surface area is 150 Å². The van der Waals surface area contributed by atoms with Gasteiger partial charge in [-0.3, -0.25) is 14.4 Å². The molecule has 0 amide bonds. The number of fused-ring (bicyclic) bond motifs is 1. The summed E-state index contributed by atoms with van der Waals surface area (Å²) in [7, 11) is 1.48. The van der Waals surface area contributed by atoms with Crippen molar-refractivity contribution in [2.75, 3.05) is 13.7 Å². The van der Waals surface area contributed by atoms with Gasteiger partial charge in [-0.15, -0.1) is 0 Å². The summed E-state index contributed by atoms with van der Waals surface area (Å²) < 4.78 is 4.80. The summed E-state index contributed by atoms with van der Waals surface area (Å²) in [6, 6.07) is 0. The average molecular weight is 352 g/mol. The van der Waals surface area contributed by atoms with Crippen molar-refractivity contribution < 1.29 is 24.2 Å². The zero-order chi connectivity index (χ0) is 18.2. The fourth-order valence-corrected chi connectivity index (χ4v) is 4.48. The van der Waals surface area contributed by atoms with Crippen LogP contribution in [0.3, 0.4) is 0 Å². The summed E-state index contributed by atoms with van der Waals surface area (Å²) in [5.74, 6) is 0.861. The number of hydrogen-bond donors (Lipinski definition) is 1. The lowest BCUT2D eigenvalue weighted by Crippen LogP contribution is -2.36. The van der Waals surface area contributed by atoms with Crippen molar-refractivity contribution in [3.63, 3.8) is 0 Å². The van der Waals surface area contributed by atoms with E-state index in [1.54, 1.807) is 0 Å². The topological polar surface area (TPSA) is 80.7 Å². The molecule has 2 aliphatic rings. The molecule has 0 aromatic rings. The number of ether oxygens (including phenoxy) is 1. The summed E-state index contributed by atoms with van der Waals surface area (Å²) in [4.78, 5) is 36.0. The maximum Gasteiger partial charge on any atom is 0.158 e. The lowest BCUT2D eigenvalue weighted by Gasteiger charge is -2.38. The molecular weight excluding hydrogens is 320 g/mol. The van der Waals surface area contributed by atoms with Gasteiger partial charge in [0.1, 0.15) is 18.2 Å². The number of methoxy groups -OCH3 is 1. The third-order valence-corrected chi connectivity index (χ3v) is 5.95. The molecule has 0 aromatic carbocycles. The highest BCUT2D eigenvalue weighted by Crippen LogP contribution is 2.41. The lowest BCUT2D eigenvalue weighted by molar-refractivity contribution is -0.129. The number of hydrogen-bond acceptors (Lipinski definition) is 5. The highest BCUT2D eigenvalue weighted by Gasteiger charge is 2.37. The van der Waals surface area contributed by atoms with E-state index in [0.29, 0.717) is 18.6 Å². The molecule has 25 heavy (non-hydrogen) atoms. The number of aliphatic hydroxyl groups is 1. The normalized spacial score (nSPS) is 31.2. The van der Waals surface area contributed by atoms with E-state index in [4.69, 9.17) is 4.74 Å². The molecule has 0 aliphatic heterocycles. The smallest absolute Gasteiger partial charge is 0.158 e. The number of carbonyl (C=O) groups excluding carboxylic acids is 3. The zero-order valence-corrected chi connectivity index (χ0v) is 15.4. The Kier molecular flexibility index (Phi) is 8.24. The molecule has 4 atom stereocenters. The second-order valence-corrected chi connectivity index (χ2v) is 7.76. The van der Waals surface area contributed by atoms with E-state index in [0.717, 1.165) is 44.9 Å². The average Bonchev–Trinajstić information content (AvgIpc) is 2.61. The van der Waals surface area contributed by atoms with Crippen LogP contribution in [-0.2, 0) is 19.1 Å². The first-order chi connectivity index (χ1) is 12.0. The predicted molar refractivity (Wildman–Crippen MR) is 94.2 cm³/mol. The molecule has 0 bridgehead atoms. The summed E-state index contributed by atoms with van der Waals surface area (Å²) >= 11 is 0. The highest BCUT2D eigenvalue weighted by molar-refractivity contribution is 5.87. The third kappa shape index (κ3) is 6.30. The number of carbonyl (C=O) groups is 3. The minimum absolute atomic E-state index is 0.0261. The van der Waals surface area contributed by atoms with E-state index in [-0.39, 0.29) is 54.9 Å². The second kappa shape index (κ2) is 10.2. The number of Topliss-reactive ketones (excluding diaryl/α,β-unsaturated/α-hetero) is 3. The molecule has 2 fully saturated rings. The van der Waals surface area contributed by atoms with Crippen molar-refractivity contribution in [3.05, 3.63) is 0 Å². The molecule has 2 saturated carbocycles. The van der Waals surface area contributed by atoms with Crippen LogP contribution >= 0.6 is 0 Å². The Morgan fingerprint density at radius 2 is 1.88 bits per heavy atom. The van der Waals surface area contributed by atoms with Crippen LogP contribution in [0.25, 0.3) is 0 Å². The standard InChI is InChI=1S/C20H32O5/c1-25-13-17(22)9-11-19(23)15-7-10-18-14(12-15)6-8-16(21)4-2-3-5-20(18)24/h14-15,18,20,24H,2-13H2,1H3. The third-order valence-electron chi connectivity index (χ3n) is 5.95. The van der Waals surface area contributed by atoms with Crippen LogP contribution in [0.2, 0.25) is 0 Å². The van der Waals surface area contributed by atoms with Gasteiger partial charge in [-0.05, 0) is 50.4 Å².